The number of benzene rings is 2. The third-order valence-electron chi connectivity index (χ3n) is 4.81. The summed E-state index contributed by atoms with van der Waals surface area (Å²) in [6.45, 7) is 3.84. The zero-order valence-electron chi connectivity index (χ0n) is 15.4. The second kappa shape index (κ2) is 7.90. The number of carbonyl (C=O) groups excluding carboxylic acids is 1. The van der Waals surface area contributed by atoms with Crippen LogP contribution in [0.1, 0.15) is 41.7 Å². The molecule has 0 radical (unpaired) electrons. The van der Waals surface area contributed by atoms with E-state index in [0.29, 0.717) is 10.6 Å². The lowest BCUT2D eigenvalue weighted by atomic mass is 10.1. The Bertz CT molecular complexity index is 936. The maximum absolute atomic E-state index is 12.6. The van der Waals surface area contributed by atoms with Crippen LogP contribution in [0, 0.1) is 0 Å². The molecule has 2 aromatic rings. The fraction of sp³-hybridized carbons (Fsp3) is 0.350. The van der Waals surface area contributed by atoms with Crippen molar-refractivity contribution < 1.29 is 13.2 Å². The Morgan fingerprint density at radius 1 is 1.11 bits per heavy atom. The summed E-state index contributed by atoms with van der Waals surface area (Å²) >= 11 is 6.39. The molecule has 1 atom stereocenters. The van der Waals surface area contributed by atoms with Gasteiger partial charge in [0.05, 0.1) is 21.6 Å². The lowest BCUT2D eigenvalue weighted by molar-refractivity contribution is 0.0940. The molecule has 5 nitrogen and oxygen atoms in total. The van der Waals surface area contributed by atoms with E-state index in [0.717, 1.165) is 37.2 Å². The van der Waals surface area contributed by atoms with Crippen LogP contribution in [0.2, 0.25) is 5.02 Å². The van der Waals surface area contributed by atoms with Crippen LogP contribution in [0.3, 0.4) is 0 Å². The van der Waals surface area contributed by atoms with Gasteiger partial charge in [0.15, 0.2) is 9.84 Å². The standard InChI is InChI=1S/C20H23ClN2O3S/c1-14(15-5-8-17(9-6-15)27(2,25)26)22-20(24)16-7-10-19(18(21)13-16)23-11-3-4-12-23/h5-10,13-14H,3-4,11-12H2,1-2H3,(H,22,24). The van der Waals surface area contributed by atoms with E-state index in [4.69, 9.17) is 11.6 Å². The van der Waals surface area contributed by atoms with Crippen molar-refractivity contribution in [1.82, 2.24) is 5.32 Å². The molecule has 7 heteroatoms. The van der Waals surface area contributed by atoms with E-state index < -0.39 is 9.84 Å². The van der Waals surface area contributed by atoms with E-state index in [2.05, 4.69) is 10.2 Å². The van der Waals surface area contributed by atoms with Crippen molar-refractivity contribution >= 4 is 33.0 Å². The van der Waals surface area contributed by atoms with Crippen LogP contribution >= 0.6 is 11.6 Å². The molecule has 1 amide bonds. The van der Waals surface area contributed by atoms with Gasteiger partial charge in [-0.05, 0) is 55.7 Å². The SMILES string of the molecule is CC(NC(=O)c1ccc(N2CCCC2)c(Cl)c1)c1ccc(S(C)(=O)=O)cc1. The Kier molecular flexibility index (Phi) is 5.77. The van der Waals surface area contributed by atoms with Gasteiger partial charge in [0.25, 0.3) is 5.91 Å². The highest BCUT2D eigenvalue weighted by Gasteiger charge is 2.18. The third-order valence-corrected chi connectivity index (χ3v) is 6.24. The number of sulfone groups is 1. The van der Waals surface area contributed by atoms with Crippen molar-refractivity contribution in [1.29, 1.82) is 0 Å². The highest BCUT2D eigenvalue weighted by Crippen LogP contribution is 2.29. The predicted octanol–water partition coefficient (Wildman–Crippen LogP) is 3.83. The lowest BCUT2D eigenvalue weighted by Gasteiger charge is -2.20. The summed E-state index contributed by atoms with van der Waals surface area (Å²) in [4.78, 5) is 15.1. The summed E-state index contributed by atoms with van der Waals surface area (Å²) in [5.41, 5.74) is 2.30. The molecule has 3 rings (SSSR count). The number of rotatable bonds is 5. The molecular weight excluding hydrogens is 384 g/mol. The number of hydrogen-bond donors (Lipinski definition) is 1. The van der Waals surface area contributed by atoms with Gasteiger partial charge in [-0.2, -0.15) is 0 Å². The first-order valence-corrected chi connectivity index (χ1v) is 11.2. The fourth-order valence-electron chi connectivity index (χ4n) is 3.23. The molecule has 1 heterocycles. The van der Waals surface area contributed by atoms with Crippen molar-refractivity contribution in [3.05, 3.63) is 58.6 Å². The zero-order valence-corrected chi connectivity index (χ0v) is 17.0. The number of halogens is 1. The fourth-order valence-corrected chi connectivity index (χ4v) is 4.16. The van der Waals surface area contributed by atoms with Gasteiger partial charge in [-0.15, -0.1) is 0 Å². The number of nitrogens with zero attached hydrogens (tertiary/aromatic N) is 1. The molecule has 1 unspecified atom stereocenters. The van der Waals surface area contributed by atoms with Gasteiger partial charge in [0.2, 0.25) is 0 Å². The minimum absolute atomic E-state index is 0.218. The lowest BCUT2D eigenvalue weighted by Crippen LogP contribution is -2.27. The normalized spacial score (nSPS) is 15.6. The first kappa shape index (κ1) is 19.7. The molecule has 144 valence electrons. The molecule has 2 aromatic carbocycles. The molecular formula is C20H23ClN2O3S. The average molecular weight is 407 g/mol. The molecule has 0 bridgehead atoms. The van der Waals surface area contributed by atoms with E-state index in [9.17, 15) is 13.2 Å². The minimum atomic E-state index is -3.23. The van der Waals surface area contributed by atoms with Crippen molar-refractivity contribution in [2.24, 2.45) is 0 Å². The molecule has 1 fully saturated rings. The summed E-state index contributed by atoms with van der Waals surface area (Å²) in [6, 6.07) is 11.6. The number of carbonyl (C=O) groups is 1. The summed E-state index contributed by atoms with van der Waals surface area (Å²) < 4.78 is 23.1. The number of amides is 1. The van der Waals surface area contributed by atoms with Crippen molar-refractivity contribution in [3.63, 3.8) is 0 Å². The molecule has 1 N–H and O–H groups in total. The maximum atomic E-state index is 12.6. The van der Waals surface area contributed by atoms with Crippen LogP contribution in [0.15, 0.2) is 47.4 Å². The summed E-state index contributed by atoms with van der Waals surface area (Å²) in [5.74, 6) is -0.218. The van der Waals surface area contributed by atoms with Crippen LogP contribution in [0.5, 0.6) is 0 Å². The second-order valence-electron chi connectivity index (χ2n) is 6.90. The van der Waals surface area contributed by atoms with Gasteiger partial charge < -0.3 is 10.2 Å². The molecule has 0 spiro atoms. The topological polar surface area (TPSA) is 66.5 Å². The summed E-state index contributed by atoms with van der Waals surface area (Å²) in [7, 11) is -3.23. The van der Waals surface area contributed by atoms with Crippen LogP contribution in [0.4, 0.5) is 5.69 Å². The molecule has 1 saturated heterocycles. The predicted molar refractivity (Wildman–Crippen MR) is 108 cm³/mol. The van der Waals surface area contributed by atoms with Gasteiger partial charge in [0, 0.05) is 24.9 Å². The summed E-state index contributed by atoms with van der Waals surface area (Å²) in [6.07, 6.45) is 3.49. The molecule has 0 aromatic heterocycles. The number of nitrogens with one attached hydrogen (secondary N) is 1. The molecule has 0 saturated carbocycles. The van der Waals surface area contributed by atoms with Crippen LogP contribution < -0.4 is 10.2 Å². The Labute approximate surface area is 165 Å². The second-order valence-corrected chi connectivity index (χ2v) is 9.32. The smallest absolute Gasteiger partial charge is 0.251 e. The number of hydrogen-bond acceptors (Lipinski definition) is 4. The van der Waals surface area contributed by atoms with E-state index in [1.165, 1.54) is 6.26 Å². The Hall–Kier alpha value is -2.05. The Morgan fingerprint density at radius 3 is 2.30 bits per heavy atom. The molecule has 0 aliphatic carbocycles. The summed E-state index contributed by atoms with van der Waals surface area (Å²) in [5, 5.41) is 3.50. The van der Waals surface area contributed by atoms with Crippen LogP contribution in [-0.4, -0.2) is 33.7 Å². The van der Waals surface area contributed by atoms with Gasteiger partial charge in [0.1, 0.15) is 0 Å². The Balaban J connectivity index is 1.70. The average Bonchev–Trinajstić information content (AvgIpc) is 3.15. The van der Waals surface area contributed by atoms with Crippen molar-refractivity contribution in [2.75, 3.05) is 24.2 Å². The van der Waals surface area contributed by atoms with E-state index >= 15 is 0 Å². The Morgan fingerprint density at radius 2 is 1.74 bits per heavy atom. The molecule has 1 aliphatic heterocycles. The minimum Gasteiger partial charge on any atom is -0.370 e. The number of anilines is 1. The van der Waals surface area contributed by atoms with Gasteiger partial charge in [-0.1, -0.05) is 23.7 Å². The van der Waals surface area contributed by atoms with Gasteiger partial charge in [-0.3, -0.25) is 4.79 Å². The van der Waals surface area contributed by atoms with Crippen molar-refractivity contribution in [2.45, 2.75) is 30.7 Å². The van der Waals surface area contributed by atoms with E-state index in [-0.39, 0.29) is 16.8 Å². The van der Waals surface area contributed by atoms with E-state index in [1.807, 2.05) is 13.0 Å². The monoisotopic (exact) mass is 406 g/mol. The first-order valence-electron chi connectivity index (χ1n) is 8.91. The molecule has 27 heavy (non-hydrogen) atoms. The molecule has 1 aliphatic rings. The van der Waals surface area contributed by atoms with Gasteiger partial charge in [-0.25, -0.2) is 8.42 Å². The highest BCUT2D eigenvalue weighted by molar-refractivity contribution is 7.90. The van der Waals surface area contributed by atoms with Crippen LogP contribution in [0.25, 0.3) is 0 Å². The van der Waals surface area contributed by atoms with Crippen LogP contribution in [-0.2, 0) is 9.84 Å². The third kappa shape index (κ3) is 4.62. The van der Waals surface area contributed by atoms with E-state index in [1.54, 1.807) is 36.4 Å². The highest BCUT2D eigenvalue weighted by atomic mass is 35.5. The van der Waals surface area contributed by atoms with Crippen molar-refractivity contribution in [3.8, 4) is 0 Å². The first-order chi connectivity index (χ1) is 12.8. The zero-order chi connectivity index (χ0) is 19.6. The van der Waals surface area contributed by atoms with Gasteiger partial charge >= 0.3 is 0 Å². The quantitative estimate of drug-likeness (QED) is 0.819. The maximum Gasteiger partial charge on any atom is 0.251 e. The largest absolute Gasteiger partial charge is 0.370 e.